The average molecular weight is 367 g/mol. The second-order valence-corrected chi connectivity index (χ2v) is 8.17. The number of hydrogen-bond acceptors (Lipinski definition) is 3. The molecule has 24 heavy (non-hydrogen) atoms. The number of carbonyl (C=O) groups is 1. The molecule has 0 atom stereocenters. The van der Waals surface area contributed by atoms with Gasteiger partial charge in [0.25, 0.3) is 5.91 Å². The summed E-state index contributed by atoms with van der Waals surface area (Å²) in [5.74, 6) is -0.415. The fraction of sp³-hybridized carbons (Fsp3) is 0.235. The molecule has 0 radical (unpaired) electrons. The number of para-hydroxylation sites is 1. The molecule has 0 spiro atoms. The van der Waals surface area contributed by atoms with Gasteiger partial charge in [0.1, 0.15) is 0 Å². The van der Waals surface area contributed by atoms with Crippen LogP contribution >= 0.6 is 11.6 Å². The van der Waals surface area contributed by atoms with E-state index in [1.54, 1.807) is 44.2 Å². The molecule has 0 saturated heterocycles. The number of benzene rings is 2. The molecular weight excluding hydrogens is 348 g/mol. The molecule has 2 aromatic rings. The van der Waals surface area contributed by atoms with E-state index in [1.165, 1.54) is 20.2 Å². The summed E-state index contributed by atoms with van der Waals surface area (Å²) in [7, 11) is -0.722. The molecule has 0 saturated carbocycles. The number of halogens is 1. The minimum Gasteiger partial charge on any atom is -0.321 e. The molecule has 0 aliphatic heterocycles. The van der Waals surface area contributed by atoms with Crippen LogP contribution in [0, 0.1) is 13.8 Å². The van der Waals surface area contributed by atoms with Crippen LogP contribution < -0.4 is 5.32 Å². The molecule has 1 N–H and O–H groups in total. The third-order valence-corrected chi connectivity index (χ3v) is 6.03. The summed E-state index contributed by atoms with van der Waals surface area (Å²) in [4.78, 5) is 12.6. The first-order valence-corrected chi connectivity index (χ1v) is 9.06. The van der Waals surface area contributed by atoms with Crippen molar-refractivity contribution in [1.82, 2.24) is 4.31 Å². The molecule has 5 nitrogen and oxygen atoms in total. The summed E-state index contributed by atoms with van der Waals surface area (Å²) in [6, 6.07) is 9.91. The van der Waals surface area contributed by atoms with E-state index in [0.717, 1.165) is 9.87 Å². The Kier molecular flexibility index (Phi) is 5.32. The van der Waals surface area contributed by atoms with Gasteiger partial charge in [0, 0.05) is 19.7 Å². The molecule has 1 amide bonds. The summed E-state index contributed by atoms with van der Waals surface area (Å²) in [5, 5.41) is 3.11. The molecular formula is C17H19ClN2O3S. The number of nitrogens with one attached hydrogen (secondary N) is 1. The fourth-order valence-corrected chi connectivity index (χ4v) is 3.58. The lowest BCUT2D eigenvalue weighted by Crippen LogP contribution is -2.24. The average Bonchev–Trinajstić information content (AvgIpc) is 2.51. The maximum Gasteiger partial charge on any atom is 0.255 e. The van der Waals surface area contributed by atoms with Gasteiger partial charge in [-0.2, -0.15) is 0 Å². The van der Waals surface area contributed by atoms with Crippen molar-refractivity contribution in [2.45, 2.75) is 18.7 Å². The van der Waals surface area contributed by atoms with Crippen molar-refractivity contribution < 1.29 is 13.2 Å². The Bertz CT molecular complexity index is 893. The molecule has 2 aromatic carbocycles. The number of anilines is 1. The summed E-state index contributed by atoms with van der Waals surface area (Å²) in [6.07, 6.45) is 0. The predicted octanol–water partition coefficient (Wildman–Crippen LogP) is 3.46. The van der Waals surface area contributed by atoms with Crippen LogP contribution in [0.3, 0.4) is 0 Å². The lowest BCUT2D eigenvalue weighted by molar-refractivity contribution is 0.102. The Morgan fingerprint density at radius 1 is 1.12 bits per heavy atom. The van der Waals surface area contributed by atoms with Gasteiger partial charge in [-0.1, -0.05) is 23.7 Å². The first-order chi connectivity index (χ1) is 11.1. The van der Waals surface area contributed by atoms with E-state index in [9.17, 15) is 13.2 Å². The number of sulfonamides is 1. The zero-order valence-electron chi connectivity index (χ0n) is 13.9. The molecule has 7 heteroatoms. The SMILES string of the molecule is Cc1cc(C(=O)Nc2ccccc2Cl)cc(S(=O)(=O)N(C)C)c1C. The van der Waals surface area contributed by atoms with Crippen molar-refractivity contribution >= 4 is 33.2 Å². The molecule has 0 fully saturated rings. The van der Waals surface area contributed by atoms with E-state index in [1.807, 2.05) is 0 Å². The van der Waals surface area contributed by atoms with Crippen molar-refractivity contribution in [3.8, 4) is 0 Å². The van der Waals surface area contributed by atoms with E-state index in [-0.39, 0.29) is 10.5 Å². The third-order valence-electron chi connectivity index (χ3n) is 3.76. The quantitative estimate of drug-likeness (QED) is 0.901. The van der Waals surface area contributed by atoms with Gasteiger partial charge in [-0.05, 0) is 49.2 Å². The molecule has 0 bridgehead atoms. The van der Waals surface area contributed by atoms with E-state index >= 15 is 0 Å². The topological polar surface area (TPSA) is 66.5 Å². The van der Waals surface area contributed by atoms with Gasteiger partial charge in [0.05, 0.1) is 15.6 Å². The Morgan fingerprint density at radius 3 is 2.33 bits per heavy atom. The van der Waals surface area contributed by atoms with Crippen LogP contribution in [0.2, 0.25) is 5.02 Å². The second-order valence-electron chi connectivity index (χ2n) is 5.64. The van der Waals surface area contributed by atoms with Crippen molar-refractivity contribution in [2.24, 2.45) is 0 Å². The van der Waals surface area contributed by atoms with Gasteiger partial charge in [-0.25, -0.2) is 12.7 Å². The lowest BCUT2D eigenvalue weighted by atomic mass is 10.1. The predicted molar refractivity (Wildman–Crippen MR) is 96.2 cm³/mol. The zero-order chi connectivity index (χ0) is 18.1. The van der Waals surface area contributed by atoms with Gasteiger partial charge in [-0.15, -0.1) is 0 Å². The number of nitrogens with zero attached hydrogens (tertiary/aromatic N) is 1. The van der Waals surface area contributed by atoms with Gasteiger partial charge in [0.15, 0.2) is 0 Å². The maximum absolute atomic E-state index is 12.5. The van der Waals surface area contributed by atoms with Crippen LogP contribution in [0.15, 0.2) is 41.3 Å². The van der Waals surface area contributed by atoms with E-state index in [2.05, 4.69) is 5.32 Å². The first-order valence-electron chi connectivity index (χ1n) is 7.24. The maximum atomic E-state index is 12.5. The highest BCUT2D eigenvalue weighted by atomic mass is 35.5. The van der Waals surface area contributed by atoms with Gasteiger partial charge in [0.2, 0.25) is 10.0 Å². The minimum absolute atomic E-state index is 0.122. The zero-order valence-corrected chi connectivity index (χ0v) is 15.5. The highest BCUT2D eigenvalue weighted by molar-refractivity contribution is 7.89. The van der Waals surface area contributed by atoms with Crippen LogP contribution in [0.25, 0.3) is 0 Å². The number of hydrogen-bond donors (Lipinski definition) is 1. The summed E-state index contributed by atoms with van der Waals surface area (Å²) in [5.41, 5.74) is 2.08. The number of rotatable bonds is 4. The Morgan fingerprint density at radius 2 is 1.75 bits per heavy atom. The normalized spacial score (nSPS) is 11.6. The van der Waals surface area contributed by atoms with Crippen molar-refractivity contribution in [2.75, 3.05) is 19.4 Å². The van der Waals surface area contributed by atoms with E-state index in [0.29, 0.717) is 16.3 Å². The van der Waals surface area contributed by atoms with Crippen molar-refractivity contribution in [3.63, 3.8) is 0 Å². The molecule has 0 aliphatic rings. The Hall–Kier alpha value is -1.89. The van der Waals surface area contributed by atoms with Crippen LogP contribution in [0.4, 0.5) is 5.69 Å². The van der Waals surface area contributed by atoms with Gasteiger partial charge < -0.3 is 5.32 Å². The number of carbonyl (C=O) groups excluding carboxylic acids is 1. The number of aryl methyl sites for hydroxylation is 1. The molecule has 0 unspecified atom stereocenters. The summed E-state index contributed by atoms with van der Waals surface area (Å²) >= 11 is 6.04. The summed E-state index contributed by atoms with van der Waals surface area (Å²) in [6.45, 7) is 3.50. The van der Waals surface area contributed by atoms with Crippen LogP contribution in [-0.4, -0.2) is 32.7 Å². The molecule has 0 heterocycles. The van der Waals surface area contributed by atoms with Crippen LogP contribution in [0.5, 0.6) is 0 Å². The van der Waals surface area contributed by atoms with E-state index in [4.69, 9.17) is 11.6 Å². The van der Waals surface area contributed by atoms with Crippen LogP contribution in [0.1, 0.15) is 21.5 Å². The molecule has 128 valence electrons. The Balaban J connectivity index is 2.47. The van der Waals surface area contributed by atoms with Crippen LogP contribution in [-0.2, 0) is 10.0 Å². The third kappa shape index (κ3) is 3.61. The van der Waals surface area contributed by atoms with Crippen molar-refractivity contribution in [3.05, 3.63) is 58.1 Å². The first kappa shape index (κ1) is 18.4. The largest absolute Gasteiger partial charge is 0.321 e. The smallest absolute Gasteiger partial charge is 0.255 e. The number of amides is 1. The monoisotopic (exact) mass is 366 g/mol. The summed E-state index contributed by atoms with van der Waals surface area (Å²) < 4.78 is 26.1. The molecule has 0 aromatic heterocycles. The lowest BCUT2D eigenvalue weighted by Gasteiger charge is -2.16. The minimum atomic E-state index is -3.64. The highest BCUT2D eigenvalue weighted by Gasteiger charge is 2.23. The fourth-order valence-electron chi connectivity index (χ4n) is 2.18. The Labute approximate surface area is 147 Å². The molecule has 0 aliphatic carbocycles. The van der Waals surface area contributed by atoms with E-state index < -0.39 is 15.9 Å². The highest BCUT2D eigenvalue weighted by Crippen LogP contribution is 2.25. The second kappa shape index (κ2) is 6.93. The van der Waals surface area contributed by atoms with Crippen molar-refractivity contribution in [1.29, 1.82) is 0 Å². The van der Waals surface area contributed by atoms with Gasteiger partial charge >= 0.3 is 0 Å². The standard InChI is InChI=1S/C17H19ClN2O3S/c1-11-9-13(10-16(12(11)2)24(22,23)20(3)4)17(21)19-15-8-6-5-7-14(15)18/h5-10H,1-4H3,(H,19,21). The van der Waals surface area contributed by atoms with Gasteiger partial charge in [-0.3, -0.25) is 4.79 Å². The molecule has 2 rings (SSSR count).